The van der Waals surface area contributed by atoms with Crippen LogP contribution < -0.4 is 10.6 Å². The Morgan fingerprint density at radius 1 is 1.58 bits per heavy atom. The van der Waals surface area contributed by atoms with Crippen molar-refractivity contribution in [1.82, 2.24) is 0 Å². The fraction of sp³-hybridized carbons (Fsp3) is 0.462. The number of carboxylic acid groups (broad SMARTS) is 1. The molecule has 0 radical (unpaired) electrons. The highest BCUT2D eigenvalue weighted by molar-refractivity contribution is 6.34. The highest BCUT2D eigenvalue weighted by atomic mass is 35.5. The van der Waals surface area contributed by atoms with Gasteiger partial charge in [0.05, 0.1) is 22.9 Å². The monoisotopic (exact) mass is 284 g/mol. The summed E-state index contributed by atoms with van der Waals surface area (Å²) in [4.78, 5) is 13.4. The van der Waals surface area contributed by atoms with Gasteiger partial charge in [-0.2, -0.15) is 0 Å². The Kier molecular flexibility index (Phi) is 4.17. The second-order valence-electron chi connectivity index (χ2n) is 4.62. The molecule has 0 aliphatic heterocycles. The van der Waals surface area contributed by atoms with Crippen molar-refractivity contribution in [1.29, 1.82) is 0 Å². The normalized spacial score (nSPS) is 14.4. The number of methoxy groups -OCH3 is 1. The van der Waals surface area contributed by atoms with Crippen LogP contribution >= 0.6 is 11.6 Å². The van der Waals surface area contributed by atoms with Crippen LogP contribution in [-0.2, 0) is 4.74 Å². The molecule has 0 atom stereocenters. The van der Waals surface area contributed by atoms with Crippen LogP contribution in [0.3, 0.4) is 0 Å². The summed E-state index contributed by atoms with van der Waals surface area (Å²) >= 11 is 6.20. The summed E-state index contributed by atoms with van der Waals surface area (Å²) in [6.45, 7) is 1.14. The highest BCUT2D eigenvalue weighted by Crippen LogP contribution is 2.39. The third kappa shape index (κ3) is 3.11. The first-order valence-electron chi connectivity index (χ1n) is 6.12. The number of halogens is 1. The van der Waals surface area contributed by atoms with Crippen molar-refractivity contribution in [3.63, 3.8) is 0 Å². The summed E-state index contributed by atoms with van der Waals surface area (Å²) < 4.78 is 5.08. The summed E-state index contributed by atoms with van der Waals surface area (Å²) in [5.41, 5.74) is 6.71. The van der Waals surface area contributed by atoms with Gasteiger partial charge in [0.2, 0.25) is 0 Å². The molecule has 2 rings (SSSR count). The fourth-order valence-electron chi connectivity index (χ4n) is 2.13. The maximum absolute atomic E-state index is 11.4. The van der Waals surface area contributed by atoms with Crippen molar-refractivity contribution < 1.29 is 14.6 Å². The molecule has 5 nitrogen and oxygen atoms in total. The number of hydrogen-bond acceptors (Lipinski definition) is 4. The number of benzene rings is 1. The minimum absolute atomic E-state index is 0.146. The topological polar surface area (TPSA) is 75.8 Å². The van der Waals surface area contributed by atoms with E-state index in [1.54, 1.807) is 13.2 Å². The predicted octanol–water partition coefficient (Wildman–Crippen LogP) is 2.24. The Morgan fingerprint density at radius 3 is 2.79 bits per heavy atom. The molecule has 3 N–H and O–H groups in total. The molecule has 6 heteroatoms. The molecule has 1 fully saturated rings. The molecule has 1 aromatic rings. The molecule has 0 amide bonds. The zero-order valence-corrected chi connectivity index (χ0v) is 11.5. The van der Waals surface area contributed by atoms with Gasteiger partial charge in [0.1, 0.15) is 0 Å². The minimum atomic E-state index is -1.02. The molecular formula is C13H17ClN2O3. The third-order valence-corrected chi connectivity index (χ3v) is 3.42. The molecule has 19 heavy (non-hydrogen) atoms. The minimum Gasteiger partial charge on any atom is -0.478 e. The van der Waals surface area contributed by atoms with E-state index < -0.39 is 5.97 Å². The molecule has 0 saturated heterocycles. The molecule has 1 aliphatic carbocycles. The number of nitrogen functional groups attached to an aromatic ring is 1. The van der Waals surface area contributed by atoms with Crippen molar-refractivity contribution in [2.45, 2.75) is 18.9 Å². The van der Waals surface area contributed by atoms with Crippen molar-refractivity contribution >= 4 is 28.9 Å². The zero-order chi connectivity index (χ0) is 14.0. The Bertz CT molecular complexity index is 489. The molecular weight excluding hydrogens is 268 g/mol. The van der Waals surface area contributed by atoms with Gasteiger partial charge >= 0.3 is 5.97 Å². The third-order valence-electron chi connectivity index (χ3n) is 3.13. The molecule has 0 aromatic heterocycles. The SMILES string of the molecule is COCCN(c1c(Cl)cc(N)cc1C(=O)O)C1CC1. The number of nitrogens with two attached hydrogens (primary N) is 1. The van der Waals surface area contributed by atoms with Crippen LogP contribution in [0.1, 0.15) is 23.2 Å². The largest absolute Gasteiger partial charge is 0.478 e. The van der Waals surface area contributed by atoms with Crippen LogP contribution in [0.25, 0.3) is 0 Å². The van der Waals surface area contributed by atoms with Crippen LogP contribution in [-0.4, -0.2) is 37.4 Å². The van der Waals surface area contributed by atoms with E-state index in [-0.39, 0.29) is 5.56 Å². The van der Waals surface area contributed by atoms with Gasteiger partial charge < -0.3 is 20.5 Å². The maximum Gasteiger partial charge on any atom is 0.337 e. The van der Waals surface area contributed by atoms with Crippen LogP contribution in [0, 0.1) is 0 Å². The standard InChI is InChI=1S/C13H17ClN2O3/c1-19-5-4-16(9-2-3-9)12-10(13(17)18)6-8(15)7-11(12)14/h6-7,9H,2-5,15H2,1H3,(H,17,18). The number of rotatable bonds is 6. The number of nitrogens with zero attached hydrogens (tertiary/aromatic N) is 1. The number of ether oxygens (including phenoxy) is 1. The summed E-state index contributed by atoms with van der Waals surface area (Å²) in [6.07, 6.45) is 2.09. The van der Waals surface area contributed by atoms with Crippen LogP contribution in [0.2, 0.25) is 5.02 Å². The quantitative estimate of drug-likeness (QED) is 0.784. The van der Waals surface area contributed by atoms with E-state index in [4.69, 9.17) is 22.1 Å². The molecule has 0 unspecified atom stereocenters. The number of anilines is 2. The second-order valence-corrected chi connectivity index (χ2v) is 5.03. The van der Waals surface area contributed by atoms with Gasteiger partial charge in [0.15, 0.2) is 0 Å². The Labute approximate surface area is 116 Å². The van der Waals surface area contributed by atoms with Crippen molar-refractivity contribution in [3.8, 4) is 0 Å². The first-order chi connectivity index (χ1) is 9.04. The van der Waals surface area contributed by atoms with Crippen LogP contribution in [0.5, 0.6) is 0 Å². The molecule has 0 bridgehead atoms. The number of aromatic carboxylic acids is 1. The summed E-state index contributed by atoms with van der Waals surface area (Å²) in [5.74, 6) is -1.02. The van der Waals surface area contributed by atoms with Gasteiger partial charge in [-0.05, 0) is 25.0 Å². The summed E-state index contributed by atoms with van der Waals surface area (Å²) in [7, 11) is 1.62. The Balaban J connectivity index is 2.42. The van der Waals surface area contributed by atoms with Crippen molar-refractivity contribution in [2.24, 2.45) is 0 Å². The van der Waals surface area contributed by atoms with Gasteiger partial charge in [-0.1, -0.05) is 11.6 Å². The first kappa shape index (κ1) is 14.0. The Hall–Kier alpha value is -1.46. The van der Waals surface area contributed by atoms with Crippen LogP contribution in [0.15, 0.2) is 12.1 Å². The average molecular weight is 285 g/mol. The van der Waals surface area contributed by atoms with E-state index in [0.29, 0.717) is 35.6 Å². The molecule has 1 aliphatic rings. The smallest absolute Gasteiger partial charge is 0.337 e. The van der Waals surface area contributed by atoms with Gasteiger partial charge in [-0.3, -0.25) is 0 Å². The first-order valence-corrected chi connectivity index (χ1v) is 6.50. The van der Waals surface area contributed by atoms with E-state index in [9.17, 15) is 9.90 Å². The molecule has 104 valence electrons. The van der Waals surface area contributed by atoms with Crippen molar-refractivity contribution in [2.75, 3.05) is 30.9 Å². The van der Waals surface area contributed by atoms with E-state index in [0.717, 1.165) is 12.8 Å². The molecule has 0 spiro atoms. The molecule has 1 saturated carbocycles. The summed E-state index contributed by atoms with van der Waals surface area (Å²) in [6, 6.07) is 3.38. The lowest BCUT2D eigenvalue weighted by Crippen LogP contribution is -2.31. The van der Waals surface area contributed by atoms with Gasteiger partial charge in [0, 0.05) is 25.4 Å². The molecule has 1 aromatic carbocycles. The van der Waals surface area contributed by atoms with Crippen molar-refractivity contribution in [3.05, 3.63) is 22.7 Å². The van der Waals surface area contributed by atoms with E-state index in [1.807, 2.05) is 4.90 Å². The molecule has 0 heterocycles. The van der Waals surface area contributed by atoms with E-state index >= 15 is 0 Å². The van der Waals surface area contributed by atoms with Crippen LogP contribution in [0.4, 0.5) is 11.4 Å². The lowest BCUT2D eigenvalue weighted by molar-refractivity contribution is 0.0697. The van der Waals surface area contributed by atoms with Gasteiger partial charge in [-0.15, -0.1) is 0 Å². The Morgan fingerprint density at radius 2 is 2.26 bits per heavy atom. The average Bonchev–Trinajstić information content (AvgIpc) is 3.15. The number of carboxylic acids is 1. The number of carbonyl (C=O) groups is 1. The zero-order valence-electron chi connectivity index (χ0n) is 10.7. The van der Waals surface area contributed by atoms with Gasteiger partial charge in [-0.25, -0.2) is 4.79 Å². The maximum atomic E-state index is 11.4. The van der Waals surface area contributed by atoms with E-state index in [1.165, 1.54) is 6.07 Å². The number of hydrogen-bond donors (Lipinski definition) is 2. The highest BCUT2D eigenvalue weighted by Gasteiger charge is 2.32. The lowest BCUT2D eigenvalue weighted by atomic mass is 10.1. The summed E-state index contributed by atoms with van der Waals surface area (Å²) in [5, 5.41) is 9.69. The lowest BCUT2D eigenvalue weighted by Gasteiger charge is -2.27. The predicted molar refractivity (Wildman–Crippen MR) is 75.1 cm³/mol. The van der Waals surface area contributed by atoms with Gasteiger partial charge in [0.25, 0.3) is 0 Å². The second kappa shape index (κ2) is 5.67. The van der Waals surface area contributed by atoms with E-state index in [2.05, 4.69) is 0 Å². The fourth-order valence-corrected chi connectivity index (χ4v) is 2.46.